The molecule has 0 saturated heterocycles. The third kappa shape index (κ3) is 9.72. The fourth-order valence-electron chi connectivity index (χ4n) is 6.03. The molecular formula is C37H38Cl4Cu2N4O-2. The van der Waals surface area contributed by atoms with E-state index in [0.717, 1.165) is 73.1 Å². The second kappa shape index (κ2) is 20.7. The summed E-state index contributed by atoms with van der Waals surface area (Å²) in [7, 11) is 0. The number of benzene rings is 3. The first-order chi connectivity index (χ1) is 20.2. The third-order valence-corrected chi connectivity index (χ3v) is 7.79. The summed E-state index contributed by atoms with van der Waals surface area (Å²) in [6.45, 7) is 14.7. The summed E-state index contributed by atoms with van der Waals surface area (Å²) in [5.41, 5.74) is 12.1. The van der Waals surface area contributed by atoms with Gasteiger partial charge in [-0.25, -0.2) is 9.15 Å². The van der Waals surface area contributed by atoms with E-state index in [0.29, 0.717) is 0 Å². The summed E-state index contributed by atoms with van der Waals surface area (Å²) >= 11 is 0. The first-order valence-corrected chi connectivity index (χ1v) is 14.3. The zero-order chi connectivity index (χ0) is 30.0. The molecule has 0 atom stereocenters. The number of aromatic nitrogens is 2. The van der Waals surface area contributed by atoms with Gasteiger partial charge in [0.25, 0.3) is 0 Å². The molecule has 0 aliphatic carbocycles. The molecular weight excluding hydrogens is 785 g/mol. The maximum absolute atomic E-state index is 10.9. The Kier molecular flexibility index (Phi) is 20.5. The van der Waals surface area contributed by atoms with Crippen molar-refractivity contribution in [3.8, 4) is 28.0 Å². The van der Waals surface area contributed by atoms with Crippen LogP contribution in [0.2, 0.25) is 0 Å². The Morgan fingerprint density at radius 3 is 1.15 bits per heavy atom. The average Bonchev–Trinajstić information content (AvgIpc) is 2.98. The van der Waals surface area contributed by atoms with Crippen molar-refractivity contribution in [3.05, 3.63) is 113 Å². The largest absolute Gasteiger partial charge is 1.00 e. The molecule has 2 heterocycles. The molecule has 264 valence electrons. The monoisotopic (exact) mass is 820 g/mol. The molecule has 5 nitrogen and oxygen atoms in total. The molecule has 0 amide bonds. The van der Waals surface area contributed by atoms with Crippen molar-refractivity contribution >= 4 is 35.4 Å². The van der Waals surface area contributed by atoms with Crippen LogP contribution in [-0.2, 0) is 34.1 Å². The van der Waals surface area contributed by atoms with Crippen molar-refractivity contribution in [2.75, 3.05) is 0 Å². The minimum Gasteiger partial charge on any atom is -1.00 e. The molecule has 5 rings (SSSR count). The van der Waals surface area contributed by atoms with E-state index in [-0.39, 0.29) is 89.5 Å². The fourth-order valence-corrected chi connectivity index (χ4v) is 6.03. The van der Waals surface area contributed by atoms with Gasteiger partial charge in [0.15, 0.2) is 0 Å². The van der Waals surface area contributed by atoms with E-state index in [2.05, 4.69) is 90.4 Å². The van der Waals surface area contributed by atoms with Gasteiger partial charge in [-0.2, -0.15) is 0 Å². The summed E-state index contributed by atoms with van der Waals surface area (Å²) in [6.07, 6.45) is 7.73. The molecule has 3 aromatic carbocycles. The van der Waals surface area contributed by atoms with Crippen LogP contribution in [0.1, 0.15) is 41.7 Å². The second-order valence-electron chi connectivity index (χ2n) is 10.7. The van der Waals surface area contributed by atoms with E-state index < -0.39 is 0 Å². The van der Waals surface area contributed by atoms with E-state index in [1.165, 1.54) is 0 Å². The molecule has 0 bridgehead atoms. The van der Waals surface area contributed by atoms with Crippen LogP contribution < -0.4 is 58.8 Å². The van der Waals surface area contributed by atoms with Crippen LogP contribution in [0.25, 0.3) is 22.3 Å². The first kappa shape index (κ1) is 47.4. The number of pyridine rings is 2. The standard InChI is InChI=1S/C37H37N4O.4ClH.2Cu/c1-8-40(34-14-10-12-16-38-34)36-24(3)18-29(19-25(36)4)32-22-31(42)23-33(28(32)7)30-20-26(5)37(27(6)21-30)41(9-2)35-15-11-13-17-39-35;;;;;;/h8-23H,1-7H3;4*1H;;/q+1;;;;;;/p-3. The summed E-state index contributed by atoms with van der Waals surface area (Å²) in [6, 6.07) is 24.5. The second-order valence-corrected chi connectivity index (χ2v) is 10.7. The number of phenols is 1. The number of hydrogen-bond acceptors (Lipinski definition) is 3. The van der Waals surface area contributed by atoms with E-state index in [1.807, 2.05) is 74.8 Å². The van der Waals surface area contributed by atoms with Gasteiger partial charge in [-0.1, -0.05) is 12.1 Å². The molecule has 0 saturated carbocycles. The summed E-state index contributed by atoms with van der Waals surface area (Å²) < 4.78 is 4.26. The van der Waals surface area contributed by atoms with Crippen LogP contribution in [0.3, 0.4) is 0 Å². The average molecular weight is 824 g/mol. The summed E-state index contributed by atoms with van der Waals surface area (Å²) in [5, 5.41) is 10.9. The van der Waals surface area contributed by atoms with Crippen molar-refractivity contribution in [1.82, 2.24) is 19.1 Å². The summed E-state index contributed by atoms with van der Waals surface area (Å²) in [4.78, 5) is 9.13. The van der Waals surface area contributed by atoms with Crippen LogP contribution in [0, 0.1) is 34.6 Å². The summed E-state index contributed by atoms with van der Waals surface area (Å²) in [5.74, 6) is 2.01. The Morgan fingerprint density at radius 1 is 0.542 bits per heavy atom. The van der Waals surface area contributed by atoms with Crippen molar-refractivity contribution in [1.29, 1.82) is 0 Å². The van der Waals surface area contributed by atoms with Crippen molar-refractivity contribution < 1.29 is 88.9 Å². The number of phenolic OH excluding ortho intramolecular Hbond substituents is 1. The van der Waals surface area contributed by atoms with Gasteiger partial charge in [-0.15, -0.1) is 0 Å². The molecule has 0 spiro atoms. The Morgan fingerprint density at radius 2 is 0.875 bits per heavy atom. The number of aromatic hydroxyl groups is 1. The topological polar surface area (TPSA) is 52.0 Å². The Labute approximate surface area is 330 Å². The SMILES string of the molecule is CC=[N+](c1ccccn1)c1c(C)cc(-c2cc(O)cc(-c3cc(C)c([N+](=CC)c4ccccn4)c(C)c3)c2C)cc1C.[Cl-].[Cl-].[Cl-].[Cl-].[Cu].[Cu]. The molecule has 2 aromatic heterocycles. The maximum atomic E-state index is 10.9. The zero-order valence-electron chi connectivity index (χ0n) is 27.6. The Hall–Kier alpha value is -2.70. The predicted molar refractivity (Wildman–Crippen MR) is 178 cm³/mol. The zero-order valence-corrected chi connectivity index (χ0v) is 32.5. The molecule has 0 unspecified atom stereocenters. The maximum Gasteiger partial charge on any atom is 0.327 e. The van der Waals surface area contributed by atoms with Crippen molar-refractivity contribution in [2.45, 2.75) is 48.5 Å². The normalized spacial score (nSPS) is 10.6. The van der Waals surface area contributed by atoms with Gasteiger partial charge in [0.05, 0.1) is 12.4 Å². The Bertz CT molecular complexity index is 1690. The number of rotatable bonds is 6. The van der Waals surface area contributed by atoms with E-state index in [1.54, 1.807) is 0 Å². The molecule has 0 aliphatic rings. The Balaban J connectivity index is 0. The van der Waals surface area contributed by atoms with Crippen LogP contribution in [0.15, 0.2) is 85.2 Å². The molecule has 2 radical (unpaired) electrons. The number of nitrogens with zero attached hydrogens (tertiary/aromatic N) is 4. The van der Waals surface area contributed by atoms with Gasteiger partial charge in [-0.05, 0) is 157 Å². The third-order valence-electron chi connectivity index (χ3n) is 7.79. The predicted octanol–water partition coefficient (Wildman–Crippen LogP) is -3.08. The van der Waals surface area contributed by atoms with Gasteiger partial charge >= 0.3 is 11.6 Å². The van der Waals surface area contributed by atoms with Gasteiger partial charge < -0.3 is 54.7 Å². The van der Waals surface area contributed by atoms with Crippen LogP contribution in [-0.4, -0.2) is 27.5 Å². The molecule has 48 heavy (non-hydrogen) atoms. The molecule has 0 aliphatic heterocycles. The smallest absolute Gasteiger partial charge is 0.327 e. The minimum atomic E-state index is 0. The quantitative estimate of drug-likeness (QED) is 0.113. The van der Waals surface area contributed by atoms with E-state index >= 15 is 0 Å². The van der Waals surface area contributed by atoms with E-state index in [9.17, 15) is 5.11 Å². The van der Waals surface area contributed by atoms with Gasteiger partial charge in [0.1, 0.15) is 29.5 Å². The number of aryl methyl sites for hydroxylation is 4. The van der Waals surface area contributed by atoms with Crippen molar-refractivity contribution in [2.24, 2.45) is 0 Å². The van der Waals surface area contributed by atoms with Gasteiger partial charge in [-0.3, -0.25) is 0 Å². The fraction of sp³-hybridized carbons (Fsp3) is 0.189. The number of halogens is 4. The molecule has 11 heteroatoms. The molecule has 5 aromatic rings. The molecule has 1 N–H and O–H groups in total. The van der Waals surface area contributed by atoms with E-state index in [4.69, 9.17) is 0 Å². The minimum absolute atomic E-state index is 0. The molecule has 0 fully saturated rings. The van der Waals surface area contributed by atoms with Crippen LogP contribution in [0.4, 0.5) is 23.0 Å². The number of hydrogen-bond donors (Lipinski definition) is 1. The van der Waals surface area contributed by atoms with Gasteiger partial charge in [0, 0.05) is 46.3 Å². The van der Waals surface area contributed by atoms with Crippen LogP contribution >= 0.6 is 0 Å². The van der Waals surface area contributed by atoms with Crippen LogP contribution in [0.5, 0.6) is 5.75 Å². The first-order valence-electron chi connectivity index (χ1n) is 14.3. The van der Waals surface area contributed by atoms with Gasteiger partial charge in [0.2, 0.25) is 0 Å². The van der Waals surface area contributed by atoms with Crippen molar-refractivity contribution in [3.63, 3.8) is 0 Å².